The lowest BCUT2D eigenvalue weighted by Gasteiger charge is -2.32. The first kappa shape index (κ1) is 14.9. The molecule has 22 heavy (non-hydrogen) atoms. The average molecular weight is 299 g/mol. The molecule has 0 bridgehead atoms. The van der Waals surface area contributed by atoms with Crippen molar-refractivity contribution in [2.75, 3.05) is 31.6 Å². The Balaban J connectivity index is 1.70. The van der Waals surface area contributed by atoms with E-state index in [0.717, 1.165) is 44.0 Å². The topological polar surface area (TPSA) is 74.2 Å². The molecule has 116 valence electrons. The first-order valence-electron chi connectivity index (χ1n) is 7.69. The van der Waals surface area contributed by atoms with Crippen molar-refractivity contribution >= 4 is 11.8 Å². The molecule has 1 atom stereocenters. The number of likely N-dealkylation sites (tertiary alicyclic amines) is 1. The Morgan fingerprint density at radius 3 is 2.91 bits per heavy atom. The van der Waals surface area contributed by atoms with Gasteiger partial charge in [0.25, 0.3) is 0 Å². The fourth-order valence-electron chi connectivity index (χ4n) is 2.87. The molecule has 2 aromatic rings. The molecule has 1 aliphatic rings. The highest BCUT2D eigenvalue weighted by atomic mass is 16.3. The van der Waals surface area contributed by atoms with E-state index in [1.165, 1.54) is 0 Å². The van der Waals surface area contributed by atoms with Gasteiger partial charge in [0.05, 0.1) is 6.61 Å². The van der Waals surface area contributed by atoms with Crippen LogP contribution in [0.1, 0.15) is 24.5 Å². The van der Waals surface area contributed by atoms with Crippen molar-refractivity contribution in [1.82, 2.24) is 19.9 Å². The van der Waals surface area contributed by atoms with E-state index in [4.69, 9.17) is 10.1 Å². The van der Waals surface area contributed by atoms with Gasteiger partial charge in [-0.25, -0.2) is 15.0 Å². The van der Waals surface area contributed by atoms with Crippen LogP contribution in [-0.2, 0) is 0 Å². The van der Waals surface area contributed by atoms with E-state index in [0.29, 0.717) is 11.9 Å². The van der Waals surface area contributed by atoms with Gasteiger partial charge < -0.3 is 15.3 Å². The van der Waals surface area contributed by atoms with Crippen LogP contribution in [0.15, 0.2) is 36.7 Å². The van der Waals surface area contributed by atoms with Crippen LogP contribution in [0.4, 0.5) is 11.8 Å². The summed E-state index contributed by atoms with van der Waals surface area (Å²) in [5, 5.41) is 12.2. The van der Waals surface area contributed by atoms with Gasteiger partial charge in [0, 0.05) is 37.1 Å². The van der Waals surface area contributed by atoms with Gasteiger partial charge in [-0.05, 0) is 37.6 Å². The number of anilines is 2. The summed E-state index contributed by atoms with van der Waals surface area (Å²) in [4.78, 5) is 15.3. The Labute approximate surface area is 130 Å². The van der Waals surface area contributed by atoms with Crippen LogP contribution in [-0.4, -0.2) is 51.2 Å². The molecule has 0 saturated carbocycles. The fraction of sp³-hybridized carbons (Fsp3) is 0.438. The van der Waals surface area contributed by atoms with Gasteiger partial charge in [-0.1, -0.05) is 6.07 Å². The third kappa shape index (κ3) is 3.78. The predicted molar refractivity (Wildman–Crippen MR) is 85.1 cm³/mol. The first-order chi connectivity index (χ1) is 10.8. The molecule has 0 radical (unpaired) electrons. The van der Waals surface area contributed by atoms with E-state index in [9.17, 15) is 0 Å². The Morgan fingerprint density at radius 1 is 1.23 bits per heavy atom. The zero-order valence-corrected chi connectivity index (χ0v) is 12.5. The van der Waals surface area contributed by atoms with E-state index in [1.54, 1.807) is 18.5 Å². The zero-order chi connectivity index (χ0) is 15.2. The van der Waals surface area contributed by atoms with Crippen molar-refractivity contribution in [3.63, 3.8) is 0 Å². The second-order valence-electron chi connectivity index (χ2n) is 5.51. The molecule has 0 aliphatic carbocycles. The fourth-order valence-corrected chi connectivity index (χ4v) is 2.87. The molecule has 0 unspecified atom stereocenters. The molecule has 1 aliphatic heterocycles. The molecule has 6 heteroatoms. The first-order valence-corrected chi connectivity index (χ1v) is 7.69. The molecule has 3 rings (SSSR count). The zero-order valence-electron chi connectivity index (χ0n) is 12.5. The largest absolute Gasteiger partial charge is 0.395 e. The number of β-amino-alcohol motifs (C(OH)–C–C–N with tert-alkyl or cyclic N) is 1. The molecule has 2 N–H and O–H groups in total. The highest BCUT2D eigenvalue weighted by molar-refractivity contribution is 5.47. The summed E-state index contributed by atoms with van der Waals surface area (Å²) in [6.45, 7) is 2.98. The van der Waals surface area contributed by atoms with Crippen molar-refractivity contribution < 1.29 is 5.11 Å². The monoisotopic (exact) mass is 299 g/mol. The number of aliphatic hydroxyl groups is 1. The van der Waals surface area contributed by atoms with Crippen molar-refractivity contribution in [2.45, 2.75) is 18.8 Å². The van der Waals surface area contributed by atoms with E-state index in [1.807, 2.05) is 12.1 Å². The number of piperidine rings is 1. The number of nitrogens with zero attached hydrogens (tertiary/aromatic N) is 4. The minimum Gasteiger partial charge on any atom is -0.395 e. The molecule has 0 amide bonds. The molecule has 0 spiro atoms. The quantitative estimate of drug-likeness (QED) is 0.877. The third-order valence-electron chi connectivity index (χ3n) is 3.92. The normalized spacial score (nSPS) is 19.0. The van der Waals surface area contributed by atoms with E-state index >= 15 is 0 Å². The molecule has 6 nitrogen and oxygen atoms in total. The van der Waals surface area contributed by atoms with E-state index in [2.05, 4.69) is 26.3 Å². The Bertz CT molecular complexity index is 590. The number of pyridine rings is 1. The van der Waals surface area contributed by atoms with Crippen LogP contribution in [0, 0.1) is 0 Å². The number of aliphatic hydroxyl groups excluding tert-OH is 1. The summed E-state index contributed by atoms with van der Waals surface area (Å²) in [7, 11) is 0. The van der Waals surface area contributed by atoms with Crippen LogP contribution in [0.5, 0.6) is 0 Å². The molecule has 0 aromatic carbocycles. The molecule has 1 saturated heterocycles. The lowest BCUT2D eigenvalue weighted by atomic mass is 9.94. The van der Waals surface area contributed by atoms with Gasteiger partial charge in [0.1, 0.15) is 5.82 Å². The van der Waals surface area contributed by atoms with Gasteiger partial charge in [-0.15, -0.1) is 0 Å². The molecule has 2 aromatic heterocycles. The average Bonchev–Trinajstić information content (AvgIpc) is 2.57. The van der Waals surface area contributed by atoms with Crippen LogP contribution in [0.25, 0.3) is 0 Å². The lowest BCUT2D eigenvalue weighted by molar-refractivity contribution is 0.160. The summed E-state index contributed by atoms with van der Waals surface area (Å²) < 4.78 is 0. The van der Waals surface area contributed by atoms with Crippen molar-refractivity contribution in [2.24, 2.45) is 0 Å². The van der Waals surface area contributed by atoms with Gasteiger partial charge in [0.2, 0.25) is 5.95 Å². The second kappa shape index (κ2) is 7.29. The highest BCUT2D eigenvalue weighted by Gasteiger charge is 2.22. The SMILES string of the molecule is OCCN1CCC[C@@H](c2cccc(Nc3ncccn3)n2)C1. The number of hydrogen-bond donors (Lipinski definition) is 2. The summed E-state index contributed by atoms with van der Waals surface area (Å²) >= 11 is 0. The second-order valence-corrected chi connectivity index (χ2v) is 5.51. The molecule has 3 heterocycles. The predicted octanol–water partition coefficient (Wildman–Crippen LogP) is 1.79. The molecular formula is C16H21N5O. The Morgan fingerprint density at radius 2 is 2.09 bits per heavy atom. The number of hydrogen-bond acceptors (Lipinski definition) is 6. The smallest absolute Gasteiger partial charge is 0.228 e. The van der Waals surface area contributed by atoms with Gasteiger partial charge in [-0.2, -0.15) is 0 Å². The number of rotatable bonds is 5. The van der Waals surface area contributed by atoms with Gasteiger partial charge in [-0.3, -0.25) is 0 Å². The Kier molecular flexibility index (Phi) is 4.92. The number of nitrogens with one attached hydrogen (secondary N) is 1. The Hall–Kier alpha value is -2.05. The third-order valence-corrected chi connectivity index (χ3v) is 3.92. The van der Waals surface area contributed by atoms with Crippen LogP contribution >= 0.6 is 0 Å². The maximum atomic E-state index is 9.10. The minimum absolute atomic E-state index is 0.215. The number of aromatic nitrogens is 3. The maximum absolute atomic E-state index is 9.10. The standard InChI is InChI=1S/C16H21N5O/c22-11-10-21-9-2-4-13(12-21)14-5-1-6-15(19-14)20-16-17-7-3-8-18-16/h1,3,5-8,13,22H,2,4,9-12H2,(H,17,18,19,20)/t13-/m1/s1. The van der Waals surface area contributed by atoms with Crippen molar-refractivity contribution in [3.8, 4) is 0 Å². The van der Waals surface area contributed by atoms with Crippen LogP contribution in [0.2, 0.25) is 0 Å². The summed E-state index contributed by atoms with van der Waals surface area (Å²) in [5.41, 5.74) is 1.09. The van der Waals surface area contributed by atoms with E-state index in [-0.39, 0.29) is 6.61 Å². The van der Waals surface area contributed by atoms with E-state index < -0.39 is 0 Å². The van der Waals surface area contributed by atoms with Crippen LogP contribution in [0.3, 0.4) is 0 Å². The molecule has 1 fully saturated rings. The van der Waals surface area contributed by atoms with Crippen LogP contribution < -0.4 is 5.32 Å². The minimum atomic E-state index is 0.215. The van der Waals surface area contributed by atoms with Crippen molar-refractivity contribution in [3.05, 3.63) is 42.4 Å². The van der Waals surface area contributed by atoms with Gasteiger partial charge >= 0.3 is 0 Å². The highest BCUT2D eigenvalue weighted by Crippen LogP contribution is 2.26. The van der Waals surface area contributed by atoms with Gasteiger partial charge in [0.15, 0.2) is 0 Å². The molecular weight excluding hydrogens is 278 g/mol. The summed E-state index contributed by atoms with van der Waals surface area (Å²) in [6.07, 6.45) is 5.69. The lowest BCUT2D eigenvalue weighted by Crippen LogP contribution is -2.36. The maximum Gasteiger partial charge on any atom is 0.228 e. The summed E-state index contributed by atoms with van der Waals surface area (Å²) in [5.74, 6) is 1.74. The summed E-state index contributed by atoms with van der Waals surface area (Å²) in [6, 6.07) is 7.80. The van der Waals surface area contributed by atoms with Crippen molar-refractivity contribution in [1.29, 1.82) is 0 Å².